The molecule has 5 nitrogen and oxygen atoms in total. The number of rotatable bonds is 4. The molecule has 0 saturated heterocycles. The summed E-state index contributed by atoms with van der Waals surface area (Å²) in [4.78, 5) is 10.4. The van der Waals surface area contributed by atoms with E-state index in [1.165, 1.54) is 7.11 Å². The van der Waals surface area contributed by atoms with Crippen LogP contribution in [0.4, 0.5) is 4.79 Å². The maximum atomic E-state index is 10.4. The number of amides is 1. The fraction of sp³-hybridized carbons (Fsp3) is 0.300. The number of hydrogen-bond acceptors (Lipinski definition) is 3. The smallest absolute Gasteiger partial charge is 0.431 e. The lowest BCUT2D eigenvalue weighted by molar-refractivity contribution is -0.0926. The second-order valence-corrected chi connectivity index (χ2v) is 3.00. The summed E-state index contributed by atoms with van der Waals surface area (Å²) in [5.41, 5.74) is 0.820. The lowest BCUT2D eigenvalue weighted by Gasteiger charge is -2.19. The van der Waals surface area contributed by atoms with E-state index in [2.05, 4.69) is 0 Å². The molecular weight excluding hydrogens is 198 g/mol. The molecule has 0 bridgehead atoms. The van der Waals surface area contributed by atoms with E-state index in [1.807, 2.05) is 30.3 Å². The van der Waals surface area contributed by atoms with E-state index in [-0.39, 0.29) is 11.6 Å². The van der Waals surface area contributed by atoms with E-state index in [1.54, 1.807) is 0 Å². The minimum atomic E-state index is -1.40. The first-order valence-corrected chi connectivity index (χ1v) is 4.42. The van der Waals surface area contributed by atoms with Gasteiger partial charge in [0.25, 0.3) is 0 Å². The molecule has 1 atom stereocenters. The highest BCUT2D eigenvalue weighted by molar-refractivity contribution is 5.63. The zero-order chi connectivity index (χ0) is 11.3. The van der Waals surface area contributed by atoms with Gasteiger partial charge in [-0.15, -0.1) is 0 Å². The number of carboxylic acid groups (broad SMARTS) is 1. The molecule has 0 aliphatic carbocycles. The van der Waals surface area contributed by atoms with Gasteiger partial charge < -0.3 is 9.84 Å². The van der Waals surface area contributed by atoms with E-state index < -0.39 is 12.2 Å². The topological polar surface area (TPSA) is 70.0 Å². The normalized spacial score (nSPS) is 12.1. The maximum Gasteiger partial charge on any atom is 0.431 e. The second-order valence-electron chi connectivity index (χ2n) is 3.00. The fourth-order valence-corrected chi connectivity index (χ4v) is 1.22. The van der Waals surface area contributed by atoms with Crippen molar-refractivity contribution in [3.8, 4) is 0 Å². The molecule has 1 aromatic rings. The Labute approximate surface area is 87.5 Å². The van der Waals surface area contributed by atoms with Crippen molar-refractivity contribution in [2.24, 2.45) is 0 Å². The lowest BCUT2D eigenvalue weighted by Crippen LogP contribution is -2.30. The molecule has 0 fully saturated rings. The number of benzene rings is 1. The monoisotopic (exact) mass is 211 g/mol. The van der Waals surface area contributed by atoms with Gasteiger partial charge in [0, 0.05) is 7.11 Å². The van der Waals surface area contributed by atoms with Crippen LogP contribution in [0.5, 0.6) is 0 Å². The Balaban J connectivity index is 2.69. The van der Waals surface area contributed by atoms with Gasteiger partial charge >= 0.3 is 6.09 Å². The van der Waals surface area contributed by atoms with Gasteiger partial charge in [-0.1, -0.05) is 30.3 Å². The van der Waals surface area contributed by atoms with Gasteiger partial charge in [0.05, 0.1) is 6.54 Å². The number of methoxy groups -OCH3 is 1. The van der Waals surface area contributed by atoms with Crippen LogP contribution in [0.3, 0.4) is 0 Å². The van der Waals surface area contributed by atoms with Crippen LogP contribution < -0.4 is 0 Å². The van der Waals surface area contributed by atoms with Crippen molar-refractivity contribution in [1.82, 2.24) is 5.06 Å². The van der Waals surface area contributed by atoms with Crippen molar-refractivity contribution in [2.45, 2.75) is 6.10 Å². The van der Waals surface area contributed by atoms with Gasteiger partial charge in [0.15, 0.2) is 0 Å². The molecule has 0 aliphatic rings. The van der Waals surface area contributed by atoms with E-state index in [0.29, 0.717) is 0 Å². The summed E-state index contributed by atoms with van der Waals surface area (Å²) in [7, 11) is 1.47. The first kappa shape index (κ1) is 11.5. The van der Waals surface area contributed by atoms with Crippen LogP contribution in [0.15, 0.2) is 30.3 Å². The van der Waals surface area contributed by atoms with Gasteiger partial charge in [0.2, 0.25) is 0 Å². The molecule has 0 aromatic heterocycles. The summed E-state index contributed by atoms with van der Waals surface area (Å²) in [6.07, 6.45) is -1.86. The van der Waals surface area contributed by atoms with Crippen LogP contribution in [0.2, 0.25) is 0 Å². The molecule has 2 N–H and O–H groups in total. The van der Waals surface area contributed by atoms with Crippen LogP contribution in [0.1, 0.15) is 11.7 Å². The highest BCUT2D eigenvalue weighted by atomic mass is 16.6. The molecule has 1 rings (SSSR count). The Bertz CT molecular complexity index is 314. The average Bonchev–Trinajstić information content (AvgIpc) is 2.26. The number of nitrogens with zero attached hydrogens (tertiary/aromatic N) is 1. The molecule has 0 aliphatic heterocycles. The molecule has 0 radical (unpaired) electrons. The van der Waals surface area contributed by atoms with Gasteiger partial charge in [-0.25, -0.2) is 4.79 Å². The minimum absolute atomic E-state index is 0.115. The summed E-state index contributed by atoms with van der Waals surface area (Å²) in [5, 5.41) is 17.7. The molecule has 0 spiro atoms. The van der Waals surface area contributed by atoms with Crippen LogP contribution >= 0.6 is 0 Å². The van der Waals surface area contributed by atoms with Gasteiger partial charge in [-0.2, -0.15) is 5.06 Å². The third-order valence-corrected chi connectivity index (χ3v) is 2.02. The first-order chi connectivity index (χ1) is 7.15. The van der Waals surface area contributed by atoms with Crippen LogP contribution in [-0.4, -0.2) is 35.1 Å². The summed E-state index contributed by atoms with van der Waals surface area (Å²) in [6.45, 7) is -0.115. The quantitative estimate of drug-likeness (QED) is 0.588. The molecule has 5 heteroatoms. The Morgan fingerprint density at radius 2 is 2.07 bits per heavy atom. The number of carbonyl (C=O) groups is 1. The van der Waals surface area contributed by atoms with Crippen molar-refractivity contribution in [1.29, 1.82) is 0 Å². The third-order valence-electron chi connectivity index (χ3n) is 2.02. The summed E-state index contributed by atoms with van der Waals surface area (Å²) in [6, 6.07) is 9.12. The van der Waals surface area contributed by atoms with E-state index in [4.69, 9.17) is 15.1 Å². The minimum Gasteiger partial charge on any atom is -0.463 e. The first-order valence-electron chi connectivity index (χ1n) is 4.42. The average molecular weight is 211 g/mol. The second kappa shape index (κ2) is 5.33. The Morgan fingerprint density at radius 1 is 1.47 bits per heavy atom. The molecule has 0 heterocycles. The summed E-state index contributed by atoms with van der Waals surface area (Å²) in [5.74, 6) is 0. The fourth-order valence-electron chi connectivity index (χ4n) is 1.22. The van der Waals surface area contributed by atoms with Crippen LogP contribution in [0, 0.1) is 0 Å². The number of hydroxylamine groups is 2. The highest BCUT2D eigenvalue weighted by Gasteiger charge is 2.17. The molecule has 15 heavy (non-hydrogen) atoms. The van der Waals surface area contributed by atoms with Gasteiger partial charge in [0.1, 0.15) is 6.10 Å². The summed E-state index contributed by atoms with van der Waals surface area (Å²) >= 11 is 0. The van der Waals surface area contributed by atoms with Crippen molar-refractivity contribution in [2.75, 3.05) is 13.7 Å². The van der Waals surface area contributed by atoms with Crippen molar-refractivity contribution < 1.29 is 19.8 Å². The van der Waals surface area contributed by atoms with Crippen molar-refractivity contribution >= 4 is 6.09 Å². The van der Waals surface area contributed by atoms with Crippen LogP contribution in [0.25, 0.3) is 0 Å². The molecule has 0 saturated carbocycles. The zero-order valence-electron chi connectivity index (χ0n) is 8.33. The molecule has 82 valence electrons. The maximum absolute atomic E-state index is 10.4. The highest BCUT2D eigenvalue weighted by Crippen LogP contribution is 2.16. The largest absolute Gasteiger partial charge is 0.463 e. The van der Waals surface area contributed by atoms with E-state index in [9.17, 15) is 4.79 Å². The molecular formula is C10H13NO4. The van der Waals surface area contributed by atoms with Crippen molar-refractivity contribution in [3.63, 3.8) is 0 Å². The SMILES string of the molecule is COC(CN(O)C(=O)O)c1ccccc1. The predicted molar refractivity (Wildman–Crippen MR) is 52.7 cm³/mol. The molecule has 1 amide bonds. The predicted octanol–water partition coefficient (Wildman–Crippen LogP) is 1.74. The van der Waals surface area contributed by atoms with Crippen LogP contribution in [-0.2, 0) is 4.74 Å². The number of hydrogen-bond donors (Lipinski definition) is 2. The van der Waals surface area contributed by atoms with E-state index >= 15 is 0 Å². The third kappa shape index (κ3) is 3.23. The molecule has 1 aromatic carbocycles. The molecule has 1 unspecified atom stereocenters. The standard InChI is InChI=1S/C10H13NO4/c1-15-9(7-11(14)10(12)13)8-5-3-2-4-6-8/h2-6,9,14H,7H2,1H3,(H,12,13). The van der Waals surface area contributed by atoms with Crippen molar-refractivity contribution in [3.05, 3.63) is 35.9 Å². The Kier molecular flexibility index (Phi) is 4.08. The zero-order valence-corrected chi connectivity index (χ0v) is 8.33. The van der Waals surface area contributed by atoms with Gasteiger partial charge in [-0.05, 0) is 5.56 Å². The Hall–Kier alpha value is -1.59. The van der Waals surface area contributed by atoms with E-state index in [0.717, 1.165) is 5.56 Å². The summed E-state index contributed by atoms with van der Waals surface area (Å²) < 4.78 is 5.09. The van der Waals surface area contributed by atoms with Gasteiger partial charge in [-0.3, -0.25) is 5.21 Å². The Morgan fingerprint density at radius 3 is 2.53 bits per heavy atom. The number of ether oxygens (including phenoxy) is 1. The lowest BCUT2D eigenvalue weighted by atomic mass is 10.1.